The second-order valence-electron chi connectivity index (χ2n) is 5.27. The van der Waals surface area contributed by atoms with E-state index in [4.69, 9.17) is 10.8 Å². The Labute approximate surface area is 137 Å². The lowest BCUT2D eigenvalue weighted by Gasteiger charge is -2.20. The number of nitrogens with zero attached hydrogens (tertiary/aromatic N) is 2. The molecule has 0 bridgehead atoms. The average molecular weight is 313 g/mol. The molecule has 0 aliphatic heterocycles. The summed E-state index contributed by atoms with van der Waals surface area (Å²) < 4.78 is 0. The highest BCUT2D eigenvalue weighted by atomic mass is 16.4. The summed E-state index contributed by atoms with van der Waals surface area (Å²) in [6, 6.07) is 7.85. The van der Waals surface area contributed by atoms with Gasteiger partial charge >= 0.3 is 5.97 Å². The lowest BCUT2D eigenvalue weighted by atomic mass is 10.0. The van der Waals surface area contributed by atoms with Crippen LogP contribution in [0.5, 0.6) is 0 Å². The number of carbonyl (C=O) groups is 1. The summed E-state index contributed by atoms with van der Waals surface area (Å²) in [5.74, 6) is -1.02. The fourth-order valence-electron chi connectivity index (χ4n) is 2.21. The number of allylic oxidation sites excluding steroid dienone is 1. The van der Waals surface area contributed by atoms with Crippen LogP contribution in [0.1, 0.15) is 30.9 Å². The Morgan fingerprint density at radius 3 is 2.78 bits per heavy atom. The number of carboxylic acids is 1. The molecule has 1 aromatic rings. The molecule has 5 heteroatoms. The van der Waals surface area contributed by atoms with Crippen LogP contribution < -0.4 is 10.6 Å². The van der Waals surface area contributed by atoms with Crippen molar-refractivity contribution in [3.8, 4) is 6.07 Å². The molecule has 1 rings (SSSR count). The van der Waals surface area contributed by atoms with Crippen molar-refractivity contribution in [2.24, 2.45) is 5.73 Å². The second-order valence-corrected chi connectivity index (χ2v) is 5.27. The Balaban J connectivity index is 2.97. The summed E-state index contributed by atoms with van der Waals surface area (Å²) in [5.41, 5.74) is 7.76. The van der Waals surface area contributed by atoms with Gasteiger partial charge in [-0.25, -0.2) is 4.79 Å². The van der Waals surface area contributed by atoms with E-state index in [-0.39, 0.29) is 5.57 Å². The number of anilines is 1. The van der Waals surface area contributed by atoms with Crippen LogP contribution in [0.25, 0.3) is 0 Å². The number of nitriles is 1. The van der Waals surface area contributed by atoms with E-state index in [1.54, 1.807) is 12.1 Å². The number of unbranched alkanes of at least 4 members (excludes halogenated alkanes) is 1. The molecular weight excluding hydrogens is 290 g/mol. The predicted molar refractivity (Wildman–Crippen MR) is 92.1 cm³/mol. The van der Waals surface area contributed by atoms with Crippen LogP contribution in [0.15, 0.2) is 42.1 Å². The molecular formula is C18H23N3O2. The first kappa shape index (κ1) is 18.3. The molecule has 1 aromatic carbocycles. The zero-order valence-electron chi connectivity index (χ0n) is 13.6. The minimum Gasteiger partial charge on any atom is -0.478 e. The maximum atomic E-state index is 11.0. The SMILES string of the molecule is CCCCN(C)c1ccc(C/C=C(\C=C/N)C(=O)O)cc1C#N. The smallest absolute Gasteiger partial charge is 0.335 e. The highest BCUT2D eigenvalue weighted by Gasteiger charge is 2.08. The number of nitrogens with two attached hydrogens (primary N) is 1. The van der Waals surface area contributed by atoms with E-state index >= 15 is 0 Å². The summed E-state index contributed by atoms with van der Waals surface area (Å²) in [6.07, 6.45) is 6.73. The third kappa shape index (κ3) is 5.51. The fraction of sp³-hybridized carbons (Fsp3) is 0.333. The van der Waals surface area contributed by atoms with Gasteiger partial charge in [-0.15, -0.1) is 0 Å². The normalized spacial score (nSPS) is 11.4. The monoisotopic (exact) mass is 313 g/mol. The third-order valence-corrected chi connectivity index (χ3v) is 3.52. The number of carboxylic acid groups (broad SMARTS) is 1. The molecule has 0 fully saturated rings. The molecule has 0 spiro atoms. The molecule has 0 saturated carbocycles. The van der Waals surface area contributed by atoms with Crippen LogP contribution in [0.2, 0.25) is 0 Å². The number of benzene rings is 1. The van der Waals surface area contributed by atoms with Gasteiger partial charge in [0, 0.05) is 13.6 Å². The molecule has 0 aliphatic rings. The van der Waals surface area contributed by atoms with Crippen molar-refractivity contribution in [2.45, 2.75) is 26.2 Å². The van der Waals surface area contributed by atoms with E-state index < -0.39 is 5.97 Å². The first-order chi connectivity index (χ1) is 11.0. The van der Waals surface area contributed by atoms with Gasteiger partial charge in [-0.1, -0.05) is 25.5 Å². The van der Waals surface area contributed by atoms with Gasteiger partial charge in [0.05, 0.1) is 16.8 Å². The van der Waals surface area contributed by atoms with Crippen LogP contribution in [0.4, 0.5) is 5.69 Å². The zero-order chi connectivity index (χ0) is 17.2. The molecule has 0 radical (unpaired) electrons. The van der Waals surface area contributed by atoms with Crippen molar-refractivity contribution in [2.75, 3.05) is 18.5 Å². The Hall–Kier alpha value is -2.74. The molecule has 5 nitrogen and oxygen atoms in total. The van der Waals surface area contributed by atoms with Gasteiger partial charge in [-0.2, -0.15) is 5.26 Å². The van der Waals surface area contributed by atoms with Crippen LogP contribution in [0.3, 0.4) is 0 Å². The minimum absolute atomic E-state index is 0.134. The Morgan fingerprint density at radius 2 is 2.22 bits per heavy atom. The molecule has 0 amide bonds. The maximum absolute atomic E-state index is 11.0. The van der Waals surface area contributed by atoms with Gasteiger partial charge in [-0.05, 0) is 42.8 Å². The second kappa shape index (κ2) is 9.31. The summed E-state index contributed by atoms with van der Waals surface area (Å²) in [7, 11) is 1.97. The molecule has 0 unspecified atom stereocenters. The van der Waals surface area contributed by atoms with Gasteiger partial charge in [-0.3, -0.25) is 0 Å². The fourth-order valence-corrected chi connectivity index (χ4v) is 2.21. The van der Waals surface area contributed by atoms with Crippen LogP contribution in [-0.4, -0.2) is 24.7 Å². The topological polar surface area (TPSA) is 90.3 Å². The molecule has 0 aromatic heterocycles. The largest absolute Gasteiger partial charge is 0.478 e. The van der Waals surface area contributed by atoms with Crippen LogP contribution >= 0.6 is 0 Å². The third-order valence-electron chi connectivity index (χ3n) is 3.52. The average Bonchev–Trinajstić information content (AvgIpc) is 2.55. The maximum Gasteiger partial charge on any atom is 0.335 e. The first-order valence-corrected chi connectivity index (χ1v) is 7.59. The molecule has 122 valence electrons. The lowest BCUT2D eigenvalue weighted by molar-refractivity contribution is -0.132. The molecule has 0 heterocycles. The van der Waals surface area contributed by atoms with Crippen molar-refractivity contribution in [3.05, 3.63) is 53.3 Å². The van der Waals surface area contributed by atoms with Gasteiger partial charge in [0.2, 0.25) is 0 Å². The van der Waals surface area contributed by atoms with E-state index in [0.717, 1.165) is 30.6 Å². The quantitative estimate of drug-likeness (QED) is 0.569. The standard InChI is InChI=1S/C18H23N3O2/c1-3-4-11-21(2)17-8-6-14(12-16(17)13-20)5-7-15(9-10-19)18(22)23/h6-10,12H,3-5,11,19H2,1-2H3,(H,22,23)/b10-9-,15-7+. The number of rotatable bonds is 8. The summed E-state index contributed by atoms with van der Waals surface area (Å²) in [5, 5.41) is 18.4. The highest BCUT2D eigenvalue weighted by molar-refractivity contribution is 5.89. The van der Waals surface area contributed by atoms with Crippen molar-refractivity contribution in [1.29, 1.82) is 5.26 Å². The summed E-state index contributed by atoms with van der Waals surface area (Å²) in [6.45, 7) is 3.03. The molecule has 0 atom stereocenters. The van der Waals surface area contributed by atoms with Gasteiger partial charge in [0.15, 0.2) is 0 Å². The van der Waals surface area contributed by atoms with Gasteiger partial charge < -0.3 is 15.7 Å². The van der Waals surface area contributed by atoms with E-state index in [2.05, 4.69) is 17.9 Å². The Bertz CT molecular complexity index is 642. The van der Waals surface area contributed by atoms with E-state index in [0.29, 0.717) is 12.0 Å². The molecule has 0 aliphatic carbocycles. The summed E-state index contributed by atoms with van der Waals surface area (Å²) in [4.78, 5) is 13.1. The van der Waals surface area contributed by atoms with Gasteiger partial charge in [0.1, 0.15) is 6.07 Å². The predicted octanol–water partition coefficient (Wildman–Crippen LogP) is 2.82. The van der Waals surface area contributed by atoms with Crippen molar-refractivity contribution < 1.29 is 9.90 Å². The van der Waals surface area contributed by atoms with Crippen LogP contribution in [0, 0.1) is 11.3 Å². The van der Waals surface area contributed by atoms with Crippen molar-refractivity contribution in [3.63, 3.8) is 0 Å². The lowest BCUT2D eigenvalue weighted by Crippen LogP contribution is -2.19. The minimum atomic E-state index is -1.02. The number of hydrogen-bond acceptors (Lipinski definition) is 4. The van der Waals surface area contributed by atoms with E-state index in [9.17, 15) is 10.1 Å². The molecule has 3 N–H and O–H groups in total. The zero-order valence-corrected chi connectivity index (χ0v) is 13.6. The Morgan fingerprint density at radius 1 is 1.48 bits per heavy atom. The molecule has 0 saturated heterocycles. The van der Waals surface area contributed by atoms with Gasteiger partial charge in [0.25, 0.3) is 0 Å². The van der Waals surface area contributed by atoms with E-state index in [1.165, 1.54) is 12.3 Å². The summed E-state index contributed by atoms with van der Waals surface area (Å²) >= 11 is 0. The molecule has 23 heavy (non-hydrogen) atoms. The number of hydrogen-bond donors (Lipinski definition) is 2. The van der Waals surface area contributed by atoms with Crippen molar-refractivity contribution in [1.82, 2.24) is 0 Å². The first-order valence-electron chi connectivity index (χ1n) is 7.59. The number of aliphatic carboxylic acids is 1. The van der Waals surface area contributed by atoms with Crippen molar-refractivity contribution >= 4 is 11.7 Å². The Kier molecular flexibility index (Phi) is 7.41. The highest BCUT2D eigenvalue weighted by Crippen LogP contribution is 2.21. The van der Waals surface area contributed by atoms with E-state index in [1.807, 2.05) is 19.2 Å². The van der Waals surface area contributed by atoms with Crippen LogP contribution in [-0.2, 0) is 11.2 Å².